The highest BCUT2D eigenvalue weighted by molar-refractivity contribution is 5.81. The standard InChI is InChI=1S/C16H22N2O2/c19-15(13-4-2-1-3-5-13)16(20)17-10-12-8-9-18(11-12)14-6-7-14/h1-5,12,14-15,19H,6-11H2,(H,17,20). The molecule has 3 rings (SSSR count). The third-order valence-electron chi connectivity index (χ3n) is 4.31. The summed E-state index contributed by atoms with van der Waals surface area (Å²) in [5.41, 5.74) is 0.649. The zero-order valence-corrected chi connectivity index (χ0v) is 11.7. The van der Waals surface area contributed by atoms with Crippen molar-refractivity contribution in [2.75, 3.05) is 19.6 Å². The molecule has 4 nitrogen and oxygen atoms in total. The molecular formula is C16H22N2O2. The van der Waals surface area contributed by atoms with Crippen molar-refractivity contribution in [3.8, 4) is 0 Å². The first-order chi connectivity index (χ1) is 9.74. The highest BCUT2D eigenvalue weighted by atomic mass is 16.3. The SMILES string of the molecule is O=C(NCC1CCN(C2CC2)C1)C(O)c1ccccc1. The summed E-state index contributed by atoms with van der Waals surface area (Å²) >= 11 is 0. The minimum Gasteiger partial charge on any atom is -0.378 e. The number of aliphatic hydroxyl groups is 1. The number of carbonyl (C=O) groups excluding carboxylic acids is 1. The van der Waals surface area contributed by atoms with Crippen LogP contribution in [0.5, 0.6) is 0 Å². The minimum absolute atomic E-state index is 0.291. The van der Waals surface area contributed by atoms with Crippen molar-refractivity contribution in [3.05, 3.63) is 35.9 Å². The van der Waals surface area contributed by atoms with Gasteiger partial charge < -0.3 is 15.3 Å². The molecule has 108 valence electrons. The van der Waals surface area contributed by atoms with Gasteiger partial charge >= 0.3 is 0 Å². The molecule has 1 amide bonds. The van der Waals surface area contributed by atoms with Crippen LogP contribution in [0.4, 0.5) is 0 Å². The van der Waals surface area contributed by atoms with Crippen LogP contribution in [-0.4, -0.2) is 41.6 Å². The van der Waals surface area contributed by atoms with Gasteiger partial charge in [-0.25, -0.2) is 0 Å². The molecule has 1 aromatic rings. The summed E-state index contributed by atoms with van der Waals surface area (Å²) in [6.07, 6.45) is 2.77. The van der Waals surface area contributed by atoms with Crippen molar-refractivity contribution in [1.82, 2.24) is 10.2 Å². The Labute approximate surface area is 119 Å². The molecule has 1 aliphatic carbocycles. The lowest BCUT2D eigenvalue weighted by atomic mass is 10.1. The molecule has 2 unspecified atom stereocenters. The summed E-state index contributed by atoms with van der Waals surface area (Å²) in [5.74, 6) is 0.239. The number of rotatable bonds is 5. The van der Waals surface area contributed by atoms with Crippen LogP contribution in [0.15, 0.2) is 30.3 Å². The molecule has 2 aliphatic rings. The van der Waals surface area contributed by atoms with Crippen LogP contribution < -0.4 is 5.32 Å². The molecule has 0 bridgehead atoms. The first kappa shape index (κ1) is 13.6. The van der Waals surface area contributed by atoms with Gasteiger partial charge in [0.25, 0.3) is 5.91 Å². The lowest BCUT2D eigenvalue weighted by molar-refractivity contribution is -0.129. The first-order valence-corrected chi connectivity index (χ1v) is 7.49. The number of likely N-dealkylation sites (tertiary alicyclic amines) is 1. The molecule has 0 spiro atoms. The molecule has 1 aromatic carbocycles. The third kappa shape index (κ3) is 3.19. The molecule has 2 fully saturated rings. The third-order valence-corrected chi connectivity index (χ3v) is 4.31. The van der Waals surface area contributed by atoms with Gasteiger partial charge in [0.2, 0.25) is 0 Å². The average molecular weight is 274 g/mol. The maximum Gasteiger partial charge on any atom is 0.253 e. The van der Waals surface area contributed by atoms with Crippen LogP contribution >= 0.6 is 0 Å². The Morgan fingerprint density at radius 1 is 1.30 bits per heavy atom. The van der Waals surface area contributed by atoms with Crippen LogP contribution in [0.3, 0.4) is 0 Å². The number of amides is 1. The van der Waals surface area contributed by atoms with E-state index in [1.54, 1.807) is 12.1 Å². The topological polar surface area (TPSA) is 52.6 Å². The normalized spacial score (nSPS) is 24.6. The highest BCUT2D eigenvalue weighted by Gasteiger charge is 2.34. The fourth-order valence-corrected chi connectivity index (χ4v) is 2.93. The van der Waals surface area contributed by atoms with Gasteiger partial charge in [0.05, 0.1) is 0 Å². The van der Waals surface area contributed by atoms with Crippen molar-refractivity contribution >= 4 is 5.91 Å². The molecule has 2 N–H and O–H groups in total. The average Bonchev–Trinajstić information content (AvgIpc) is 3.24. The zero-order chi connectivity index (χ0) is 13.9. The number of hydrogen-bond donors (Lipinski definition) is 2. The highest BCUT2D eigenvalue weighted by Crippen LogP contribution is 2.31. The monoisotopic (exact) mass is 274 g/mol. The van der Waals surface area contributed by atoms with Gasteiger partial charge in [-0.05, 0) is 37.3 Å². The molecule has 1 heterocycles. The van der Waals surface area contributed by atoms with Gasteiger partial charge in [0.15, 0.2) is 6.10 Å². The molecule has 1 saturated heterocycles. The van der Waals surface area contributed by atoms with E-state index in [9.17, 15) is 9.90 Å². The predicted molar refractivity (Wildman–Crippen MR) is 77.1 cm³/mol. The van der Waals surface area contributed by atoms with Gasteiger partial charge in [-0.3, -0.25) is 4.79 Å². The first-order valence-electron chi connectivity index (χ1n) is 7.49. The molecule has 20 heavy (non-hydrogen) atoms. The van der Waals surface area contributed by atoms with E-state index in [4.69, 9.17) is 0 Å². The summed E-state index contributed by atoms with van der Waals surface area (Å²) in [6.45, 7) is 2.92. The Morgan fingerprint density at radius 3 is 2.75 bits per heavy atom. The zero-order valence-electron chi connectivity index (χ0n) is 11.7. The Morgan fingerprint density at radius 2 is 2.05 bits per heavy atom. The lowest BCUT2D eigenvalue weighted by Gasteiger charge is -2.16. The molecule has 2 atom stereocenters. The lowest BCUT2D eigenvalue weighted by Crippen LogP contribution is -2.34. The smallest absolute Gasteiger partial charge is 0.253 e. The van der Waals surface area contributed by atoms with Crippen LogP contribution in [0.1, 0.15) is 30.9 Å². The summed E-state index contributed by atoms with van der Waals surface area (Å²) in [6, 6.07) is 9.89. The van der Waals surface area contributed by atoms with Crippen molar-refractivity contribution in [3.63, 3.8) is 0 Å². The quantitative estimate of drug-likeness (QED) is 0.851. The van der Waals surface area contributed by atoms with Crippen molar-refractivity contribution in [2.45, 2.75) is 31.4 Å². The van der Waals surface area contributed by atoms with E-state index in [-0.39, 0.29) is 5.91 Å². The number of aliphatic hydroxyl groups excluding tert-OH is 1. The van der Waals surface area contributed by atoms with Gasteiger partial charge in [-0.2, -0.15) is 0 Å². The van der Waals surface area contributed by atoms with Crippen molar-refractivity contribution < 1.29 is 9.90 Å². The second-order valence-corrected chi connectivity index (χ2v) is 5.94. The van der Waals surface area contributed by atoms with Gasteiger partial charge in [-0.15, -0.1) is 0 Å². The van der Waals surface area contributed by atoms with Crippen LogP contribution in [0, 0.1) is 5.92 Å². The van der Waals surface area contributed by atoms with Crippen molar-refractivity contribution in [2.24, 2.45) is 5.92 Å². The maximum atomic E-state index is 12.0. The van der Waals surface area contributed by atoms with Crippen LogP contribution in [-0.2, 0) is 4.79 Å². The number of carbonyl (C=O) groups is 1. The fourth-order valence-electron chi connectivity index (χ4n) is 2.93. The number of nitrogens with zero attached hydrogens (tertiary/aromatic N) is 1. The van der Waals surface area contributed by atoms with Crippen molar-refractivity contribution in [1.29, 1.82) is 0 Å². The second-order valence-electron chi connectivity index (χ2n) is 5.94. The van der Waals surface area contributed by atoms with Crippen LogP contribution in [0.25, 0.3) is 0 Å². The minimum atomic E-state index is -1.06. The van der Waals surface area contributed by atoms with E-state index in [0.717, 1.165) is 25.6 Å². The largest absolute Gasteiger partial charge is 0.378 e. The molecule has 0 radical (unpaired) electrons. The van der Waals surface area contributed by atoms with E-state index >= 15 is 0 Å². The van der Waals surface area contributed by atoms with Crippen LogP contribution in [0.2, 0.25) is 0 Å². The summed E-state index contributed by atoms with van der Waals surface area (Å²) in [7, 11) is 0. The Balaban J connectivity index is 1.45. The van der Waals surface area contributed by atoms with E-state index in [0.29, 0.717) is 18.0 Å². The number of nitrogens with one attached hydrogen (secondary N) is 1. The summed E-state index contributed by atoms with van der Waals surface area (Å²) in [5, 5.41) is 12.9. The van der Waals surface area contributed by atoms with E-state index < -0.39 is 6.10 Å². The Kier molecular flexibility index (Phi) is 4.03. The molecule has 1 aliphatic heterocycles. The molecule has 4 heteroatoms. The van der Waals surface area contributed by atoms with Gasteiger partial charge in [0.1, 0.15) is 0 Å². The molecule has 1 saturated carbocycles. The predicted octanol–water partition coefficient (Wildman–Crippen LogP) is 1.32. The number of benzene rings is 1. The Bertz CT molecular complexity index is 459. The van der Waals surface area contributed by atoms with Gasteiger partial charge in [0, 0.05) is 19.1 Å². The van der Waals surface area contributed by atoms with E-state index in [1.165, 1.54) is 12.8 Å². The second kappa shape index (κ2) is 5.94. The van der Waals surface area contributed by atoms with Gasteiger partial charge in [-0.1, -0.05) is 30.3 Å². The Hall–Kier alpha value is -1.39. The molecule has 0 aromatic heterocycles. The van der Waals surface area contributed by atoms with E-state index in [2.05, 4.69) is 10.2 Å². The summed E-state index contributed by atoms with van der Waals surface area (Å²) < 4.78 is 0. The fraction of sp³-hybridized carbons (Fsp3) is 0.562. The number of hydrogen-bond acceptors (Lipinski definition) is 3. The van der Waals surface area contributed by atoms with E-state index in [1.807, 2.05) is 18.2 Å². The summed E-state index contributed by atoms with van der Waals surface area (Å²) in [4.78, 5) is 14.5. The maximum absolute atomic E-state index is 12.0. The molecular weight excluding hydrogens is 252 g/mol.